The van der Waals surface area contributed by atoms with Gasteiger partial charge in [-0.25, -0.2) is 0 Å². The number of amides is 1. The Morgan fingerprint density at radius 2 is 1.83 bits per heavy atom. The lowest BCUT2D eigenvalue weighted by Crippen LogP contribution is -2.40. The second kappa shape index (κ2) is 5.52. The summed E-state index contributed by atoms with van der Waals surface area (Å²) >= 11 is 0. The maximum atomic E-state index is 12.7. The first kappa shape index (κ1) is 15.8. The van der Waals surface area contributed by atoms with Crippen LogP contribution in [-0.2, 0) is 20.5 Å². The summed E-state index contributed by atoms with van der Waals surface area (Å²) in [4.78, 5) is 23.7. The second-order valence-corrected chi connectivity index (χ2v) is 5.75. The molecule has 2 bridgehead atoms. The van der Waals surface area contributed by atoms with Crippen molar-refractivity contribution < 1.29 is 32.6 Å². The molecule has 2 aliphatic heterocycles. The zero-order valence-electron chi connectivity index (χ0n) is 11.8. The van der Waals surface area contributed by atoms with Gasteiger partial charge in [0, 0.05) is 5.69 Å². The van der Waals surface area contributed by atoms with E-state index in [-0.39, 0.29) is 5.69 Å². The van der Waals surface area contributed by atoms with Gasteiger partial charge in [0.2, 0.25) is 5.91 Å². The first-order valence-electron chi connectivity index (χ1n) is 7.14. The van der Waals surface area contributed by atoms with Crippen molar-refractivity contribution in [1.29, 1.82) is 0 Å². The number of anilines is 1. The topological polar surface area (TPSA) is 75.6 Å². The quantitative estimate of drug-likeness (QED) is 0.893. The minimum atomic E-state index is -4.51. The molecule has 4 atom stereocenters. The van der Waals surface area contributed by atoms with Crippen LogP contribution in [0.3, 0.4) is 0 Å². The van der Waals surface area contributed by atoms with Crippen molar-refractivity contribution in [2.45, 2.75) is 31.2 Å². The van der Waals surface area contributed by atoms with Crippen LogP contribution in [0.4, 0.5) is 18.9 Å². The number of halogens is 3. The SMILES string of the molecule is O=C(Nc1cccc(C(F)(F)F)c1)[C@@H]1[C@H](C(=O)O)[C@@H]2CC[C@H]1O2. The number of carbonyl (C=O) groups excluding carboxylic acids is 1. The lowest BCUT2D eigenvalue weighted by Gasteiger charge is -2.24. The van der Waals surface area contributed by atoms with E-state index in [4.69, 9.17) is 4.74 Å². The number of rotatable bonds is 3. The number of aliphatic carboxylic acids is 1. The van der Waals surface area contributed by atoms with Crippen LogP contribution >= 0.6 is 0 Å². The predicted octanol–water partition coefficient (Wildman–Crippen LogP) is 2.52. The number of ether oxygens (including phenoxy) is 1. The van der Waals surface area contributed by atoms with Crippen molar-refractivity contribution in [2.75, 3.05) is 5.32 Å². The van der Waals surface area contributed by atoms with Gasteiger partial charge in [0.1, 0.15) is 0 Å². The van der Waals surface area contributed by atoms with Gasteiger partial charge >= 0.3 is 12.1 Å². The van der Waals surface area contributed by atoms with Crippen molar-refractivity contribution >= 4 is 17.6 Å². The average Bonchev–Trinajstić information content (AvgIpc) is 3.07. The zero-order chi connectivity index (χ0) is 16.8. The predicted molar refractivity (Wildman–Crippen MR) is 72.6 cm³/mol. The lowest BCUT2D eigenvalue weighted by molar-refractivity contribution is -0.147. The summed E-state index contributed by atoms with van der Waals surface area (Å²) in [5, 5.41) is 11.6. The highest BCUT2D eigenvalue weighted by atomic mass is 19.4. The molecule has 3 rings (SSSR count). The Kier molecular flexibility index (Phi) is 3.79. The van der Waals surface area contributed by atoms with Crippen molar-refractivity contribution in [3.05, 3.63) is 29.8 Å². The zero-order valence-corrected chi connectivity index (χ0v) is 11.8. The Hall–Kier alpha value is -2.09. The van der Waals surface area contributed by atoms with Gasteiger partial charge in [-0.2, -0.15) is 13.2 Å². The third-order valence-electron chi connectivity index (χ3n) is 4.32. The van der Waals surface area contributed by atoms with Crippen LogP contribution in [0.1, 0.15) is 18.4 Å². The Labute approximate surface area is 129 Å². The van der Waals surface area contributed by atoms with Crippen LogP contribution in [0.15, 0.2) is 24.3 Å². The average molecular weight is 329 g/mol. The molecule has 1 aromatic rings. The van der Waals surface area contributed by atoms with Gasteiger partial charge in [0.15, 0.2) is 0 Å². The molecule has 1 amide bonds. The van der Waals surface area contributed by atoms with Crippen LogP contribution in [0.5, 0.6) is 0 Å². The molecule has 2 heterocycles. The molecule has 0 aliphatic carbocycles. The number of carboxylic acids is 1. The summed E-state index contributed by atoms with van der Waals surface area (Å²) in [5.74, 6) is -3.59. The van der Waals surface area contributed by atoms with Gasteiger partial charge in [-0.3, -0.25) is 9.59 Å². The van der Waals surface area contributed by atoms with Gasteiger partial charge in [0.25, 0.3) is 0 Å². The van der Waals surface area contributed by atoms with E-state index in [0.29, 0.717) is 12.8 Å². The largest absolute Gasteiger partial charge is 0.481 e. The van der Waals surface area contributed by atoms with E-state index >= 15 is 0 Å². The molecule has 0 unspecified atom stereocenters. The third kappa shape index (κ3) is 2.90. The molecule has 2 N–H and O–H groups in total. The molecule has 2 saturated heterocycles. The van der Waals surface area contributed by atoms with E-state index in [1.165, 1.54) is 12.1 Å². The van der Waals surface area contributed by atoms with E-state index < -0.39 is 47.7 Å². The van der Waals surface area contributed by atoms with E-state index in [2.05, 4.69) is 5.32 Å². The highest BCUT2D eigenvalue weighted by Crippen LogP contribution is 2.44. The maximum absolute atomic E-state index is 12.7. The Morgan fingerprint density at radius 3 is 2.43 bits per heavy atom. The van der Waals surface area contributed by atoms with Crippen molar-refractivity contribution in [3.8, 4) is 0 Å². The number of benzene rings is 1. The number of fused-ring (bicyclic) bond motifs is 2. The fourth-order valence-electron chi connectivity index (χ4n) is 3.32. The van der Waals surface area contributed by atoms with Gasteiger partial charge in [-0.1, -0.05) is 6.07 Å². The molecule has 2 aliphatic rings. The molecule has 0 saturated carbocycles. The normalized spacial score (nSPS) is 29.5. The molecule has 5 nitrogen and oxygen atoms in total. The molecular weight excluding hydrogens is 315 g/mol. The number of nitrogens with one attached hydrogen (secondary N) is 1. The molecular formula is C15H14F3NO4. The highest BCUT2D eigenvalue weighted by Gasteiger charge is 2.55. The summed E-state index contributed by atoms with van der Waals surface area (Å²) in [6, 6.07) is 4.24. The van der Waals surface area contributed by atoms with Gasteiger partial charge in [-0.05, 0) is 31.0 Å². The number of carbonyl (C=O) groups is 2. The van der Waals surface area contributed by atoms with Crippen LogP contribution in [0, 0.1) is 11.8 Å². The number of alkyl halides is 3. The minimum absolute atomic E-state index is 0.0169. The maximum Gasteiger partial charge on any atom is 0.416 e. The molecule has 0 spiro atoms. The monoisotopic (exact) mass is 329 g/mol. The fourth-order valence-corrected chi connectivity index (χ4v) is 3.32. The summed E-state index contributed by atoms with van der Waals surface area (Å²) in [6.07, 6.45) is -4.36. The second-order valence-electron chi connectivity index (χ2n) is 5.75. The summed E-state index contributed by atoms with van der Waals surface area (Å²) in [5.41, 5.74) is -0.897. The molecule has 1 aromatic carbocycles. The molecule has 8 heteroatoms. The molecule has 0 radical (unpaired) electrons. The molecule has 23 heavy (non-hydrogen) atoms. The first-order chi connectivity index (χ1) is 10.8. The van der Waals surface area contributed by atoms with Gasteiger partial charge in [0.05, 0.1) is 29.6 Å². The summed E-state index contributed by atoms with van der Waals surface area (Å²) in [7, 11) is 0. The summed E-state index contributed by atoms with van der Waals surface area (Å²) < 4.78 is 43.5. The highest BCUT2D eigenvalue weighted by molar-refractivity contribution is 5.96. The van der Waals surface area contributed by atoms with Crippen molar-refractivity contribution in [3.63, 3.8) is 0 Å². The fraction of sp³-hybridized carbons (Fsp3) is 0.467. The van der Waals surface area contributed by atoms with Crippen LogP contribution in [0.25, 0.3) is 0 Å². The molecule has 0 aromatic heterocycles. The van der Waals surface area contributed by atoms with Crippen molar-refractivity contribution in [1.82, 2.24) is 0 Å². The van der Waals surface area contributed by atoms with E-state index in [1.54, 1.807) is 0 Å². The van der Waals surface area contributed by atoms with E-state index in [0.717, 1.165) is 12.1 Å². The van der Waals surface area contributed by atoms with Crippen LogP contribution < -0.4 is 5.32 Å². The summed E-state index contributed by atoms with van der Waals surface area (Å²) in [6.45, 7) is 0. The smallest absolute Gasteiger partial charge is 0.416 e. The molecule has 2 fully saturated rings. The number of hydrogen-bond acceptors (Lipinski definition) is 3. The molecule has 124 valence electrons. The first-order valence-corrected chi connectivity index (χ1v) is 7.14. The number of hydrogen-bond donors (Lipinski definition) is 2. The Bertz CT molecular complexity index is 646. The number of carboxylic acid groups (broad SMARTS) is 1. The standard InChI is InChI=1S/C15H14F3NO4/c16-15(17,18)7-2-1-3-8(6-7)19-13(20)11-9-4-5-10(23-9)12(11)14(21)22/h1-3,6,9-12H,4-5H2,(H,19,20)(H,21,22)/t9-,10+,11+,12-/m1/s1. The Balaban J connectivity index is 1.78. The minimum Gasteiger partial charge on any atom is -0.481 e. The van der Waals surface area contributed by atoms with E-state index in [9.17, 15) is 27.9 Å². The lowest BCUT2D eigenvalue weighted by atomic mass is 9.78. The Morgan fingerprint density at radius 1 is 1.17 bits per heavy atom. The van der Waals surface area contributed by atoms with Crippen LogP contribution in [-0.4, -0.2) is 29.2 Å². The van der Waals surface area contributed by atoms with Crippen LogP contribution in [0.2, 0.25) is 0 Å². The van der Waals surface area contributed by atoms with Gasteiger partial charge < -0.3 is 15.2 Å². The van der Waals surface area contributed by atoms with Gasteiger partial charge in [-0.15, -0.1) is 0 Å². The third-order valence-corrected chi connectivity index (χ3v) is 4.32. The van der Waals surface area contributed by atoms with Crippen molar-refractivity contribution in [2.24, 2.45) is 11.8 Å². The van der Waals surface area contributed by atoms with E-state index in [1.807, 2.05) is 0 Å².